The van der Waals surface area contributed by atoms with Gasteiger partial charge in [0.15, 0.2) is 0 Å². The van der Waals surface area contributed by atoms with Gasteiger partial charge in [0.1, 0.15) is 11.6 Å². The molecule has 1 amide bonds. The Morgan fingerprint density at radius 2 is 1.84 bits per heavy atom. The van der Waals surface area contributed by atoms with Gasteiger partial charge in [0.05, 0.1) is 7.11 Å². The summed E-state index contributed by atoms with van der Waals surface area (Å²) in [5.41, 5.74) is 2.35. The largest absolute Gasteiger partial charge is 0.496 e. The fourth-order valence-electron chi connectivity index (χ4n) is 4.28. The molecule has 0 spiro atoms. The first-order chi connectivity index (χ1) is 18.4. The van der Waals surface area contributed by atoms with Gasteiger partial charge in [-0.25, -0.2) is 4.39 Å². The van der Waals surface area contributed by atoms with Gasteiger partial charge in [0.2, 0.25) is 5.96 Å². The van der Waals surface area contributed by atoms with Gasteiger partial charge in [0.25, 0.3) is 5.91 Å². The van der Waals surface area contributed by atoms with Crippen molar-refractivity contribution in [2.45, 2.75) is 45.1 Å². The van der Waals surface area contributed by atoms with E-state index in [0.29, 0.717) is 37.0 Å². The summed E-state index contributed by atoms with van der Waals surface area (Å²) in [5.74, 6) is 0.218. The third-order valence-corrected chi connectivity index (χ3v) is 6.80. The summed E-state index contributed by atoms with van der Waals surface area (Å²) < 4.78 is 21.4. The summed E-state index contributed by atoms with van der Waals surface area (Å²) in [6, 6.07) is 20.2. The number of ether oxygens (including phenoxy) is 1. The minimum absolute atomic E-state index is 0.278. The highest BCUT2D eigenvalue weighted by atomic mass is 79.9. The average Bonchev–Trinajstić information content (AvgIpc) is 2.92. The second-order valence-corrected chi connectivity index (χ2v) is 9.88. The monoisotopic (exact) mass is 582 g/mol. The second-order valence-electron chi connectivity index (χ2n) is 8.96. The lowest BCUT2D eigenvalue weighted by atomic mass is 9.98. The molecule has 0 aliphatic carbocycles. The maximum atomic E-state index is 15.0. The number of aliphatic imine (C=N–C) groups is 1. The van der Waals surface area contributed by atoms with E-state index >= 15 is 0 Å². The van der Waals surface area contributed by atoms with Crippen LogP contribution in [-0.4, -0.2) is 38.6 Å². The molecule has 0 radical (unpaired) electrons. The minimum atomic E-state index is -0.419. The molecule has 1 atom stereocenters. The van der Waals surface area contributed by atoms with Gasteiger partial charge in [-0.05, 0) is 80.8 Å². The van der Waals surface area contributed by atoms with Crippen LogP contribution in [0.25, 0.3) is 0 Å². The Hall–Kier alpha value is -3.23. The summed E-state index contributed by atoms with van der Waals surface area (Å²) in [7, 11) is 3.56. The van der Waals surface area contributed by atoms with Crippen LogP contribution in [0, 0.1) is 5.82 Å². The SMILES string of the molecule is CCCC(CCN=C(NC(=O)c1cccc(F)c1CCc1cc(Br)ccc1OC)Nc1ccccc1)NC. The van der Waals surface area contributed by atoms with Crippen LogP contribution in [0.3, 0.4) is 0 Å². The molecule has 3 aromatic rings. The second kappa shape index (κ2) is 15.2. The number of nitrogens with one attached hydrogen (secondary N) is 3. The van der Waals surface area contributed by atoms with E-state index in [9.17, 15) is 9.18 Å². The van der Waals surface area contributed by atoms with E-state index < -0.39 is 11.7 Å². The van der Waals surface area contributed by atoms with E-state index in [1.54, 1.807) is 19.2 Å². The van der Waals surface area contributed by atoms with Gasteiger partial charge in [-0.2, -0.15) is 0 Å². The van der Waals surface area contributed by atoms with Gasteiger partial charge < -0.3 is 15.4 Å². The van der Waals surface area contributed by atoms with Crippen molar-refractivity contribution in [3.05, 3.63) is 93.7 Å². The number of anilines is 1. The molecule has 0 saturated heterocycles. The third kappa shape index (κ3) is 8.67. The molecule has 3 rings (SSSR count). The molecule has 202 valence electrons. The van der Waals surface area contributed by atoms with Crippen molar-refractivity contribution in [3.8, 4) is 5.75 Å². The van der Waals surface area contributed by atoms with Crippen LogP contribution in [0.1, 0.15) is 47.7 Å². The predicted molar refractivity (Wildman–Crippen MR) is 157 cm³/mol. The molecule has 3 aromatic carbocycles. The minimum Gasteiger partial charge on any atom is -0.496 e. The number of rotatable bonds is 12. The number of hydrogen-bond acceptors (Lipinski definition) is 4. The number of halogens is 2. The number of aryl methyl sites for hydroxylation is 1. The Balaban J connectivity index is 1.80. The van der Waals surface area contributed by atoms with E-state index in [1.165, 1.54) is 6.07 Å². The van der Waals surface area contributed by atoms with Crippen molar-refractivity contribution in [3.63, 3.8) is 0 Å². The Labute approximate surface area is 233 Å². The highest BCUT2D eigenvalue weighted by Crippen LogP contribution is 2.25. The molecule has 0 fully saturated rings. The lowest BCUT2D eigenvalue weighted by molar-refractivity contribution is 0.0975. The first-order valence-corrected chi connectivity index (χ1v) is 13.7. The molecule has 0 aliphatic heterocycles. The highest BCUT2D eigenvalue weighted by Gasteiger charge is 2.18. The van der Waals surface area contributed by atoms with Gasteiger partial charge in [-0.1, -0.05) is 53.5 Å². The lowest BCUT2D eigenvalue weighted by Crippen LogP contribution is -2.37. The summed E-state index contributed by atoms with van der Waals surface area (Å²) in [4.78, 5) is 18.1. The predicted octanol–water partition coefficient (Wildman–Crippen LogP) is 6.36. The first kappa shape index (κ1) is 29.3. The van der Waals surface area contributed by atoms with Crippen LogP contribution in [0.5, 0.6) is 5.75 Å². The summed E-state index contributed by atoms with van der Waals surface area (Å²) >= 11 is 3.48. The summed E-state index contributed by atoms with van der Waals surface area (Å²) in [6.45, 7) is 2.68. The fourth-order valence-corrected chi connectivity index (χ4v) is 4.69. The van der Waals surface area contributed by atoms with E-state index in [1.807, 2.05) is 55.6 Å². The molecule has 3 N–H and O–H groups in total. The molecular formula is C30H36BrFN4O2. The standard InChI is InChI=1S/C30H36BrFN4O2/c1-4-9-23(33-2)18-19-34-30(35-24-10-6-5-7-11-24)36-29(37)26-12-8-13-27(32)25(26)16-14-21-20-22(31)15-17-28(21)38-3/h5-8,10-13,15,17,20,23,33H,4,9,14,16,18-19H2,1-3H3,(H2,34,35,36,37). The normalized spacial score (nSPS) is 12.2. The molecule has 0 aliphatic rings. The number of guanidine groups is 1. The number of carbonyl (C=O) groups excluding carboxylic acids is 1. The number of amides is 1. The molecule has 8 heteroatoms. The fraction of sp³-hybridized carbons (Fsp3) is 0.333. The van der Waals surface area contributed by atoms with Crippen molar-refractivity contribution >= 4 is 33.5 Å². The topological polar surface area (TPSA) is 74.8 Å². The number of methoxy groups -OCH3 is 1. The Kier molecular flexibility index (Phi) is 11.8. The summed E-state index contributed by atoms with van der Waals surface area (Å²) in [5, 5.41) is 9.40. The maximum absolute atomic E-state index is 15.0. The van der Waals surface area contributed by atoms with Crippen LogP contribution in [0.4, 0.5) is 10.1 Å². The molecule has 38 heavy (non-hydrogen) atoms. The third-order valence-electron chi connectivity index (χ3n) is 6.31. The van der Waals surface area contributed by atoms with Crippen molar-refractivity contribution in [1.29, 1.82) is 0 Å². The van der Waals surface area contributed by atoms with Crippen molar-refractivity contribution in [1.82, 2.24) is 10.6 Å². The molecule has 0 bridgehead atoms. The van der Waals surface area contributed by atoms with Gasteiger partial charge >= 0.3 is 0 Å². The Morgan fingerprint density at radius 1 is 1.05 bits per heavy atom. The van der Waals surface area contributed by atoms with Gasteiger partial charge in [-0.15, -0.1) is 0 Å². The zero-order valence-corrected chi connectivity index (χ0v) is 23.8. The average molecular weight is 584 g/mol. The van der Waals surface area contributed by atoms with Gasteiger partial charge in [0, 0.05) is 33.9 Å². The van der Waals surface area contributed by atoms with Crippen LogP contribution < -0.4 is 20.7 Å². The number of para-hydroxylation sites is 1. The first-order valence-electron chi connectivity index (χ1n) is 12.9. The van der Waals surface area contributed by atoms with Crippen LogP contribution in [0.15, 0.2) is 76.2 Å². The summed E-state index contributed by atoms with van der Waals surface area (Å²) in [6.07, 6.45) is 3.81. The van der Waals surface area contributed by atoms with Crippen molar-refractivity contribution in [2.75, 3.05) is 26.0 Å². The van der Waals surface area contributed by atoms with Crippen molar-refractivity contribution in [2.24, 2.45) is 4.99 Å². The Bertz CT molecular complexity index is 1220. The van der Waals surface area contributed by atoms with Crippen LogP contribution in [0.2, 0.25) is 0 Å². The van der Waals surface area contributed by atoms with Crippen LogP contribution >= 0.6 is 15.9 Å². The number of benzene rings is 3. The Morgan fingerprint density at radius 3 is 2.55 bits per heavy atom. The zero-order valence-electron chi connectivity index (χ0n) is 22.2. The maximum Gasteiger partial charge on any atom is 0.258 e. The number of hydrogen-bond donors (Lipinski definition) is 3. The quantitative estimate of drug-likeness (QED) is 0.172. The molecule has 6 nitrogen and oxygen atoms in total. The van der Waals surface area contributed by atoms with E-state index in [-0.39, 0.29) is 5.56 Å². The highest BCUT2D eigenvalue weighted by molar-refractivity contribution is 9.10. The van der Waals surface area contributed by atoms with Gasteiger partial charge in [-0.3, -0.25) is 15.1 Å². The van der Waals surface area contributed by atoms with E-state index in [0.717, 1.165) is 40.7 Å². The zero-order chi connectivity index (χ0) is 27.3. The molecule has 1 unspecified atom stereocenters. The van der Waals surface area contributed by atoms with Crippen LogP contribution in [-0.2, 0) is 12.8 Å². The lowest BCUT2D eigenvalue weighted by Gasteiger charge is -2.16. The van der Waals surface area contributed by atoms with E-state index in [4.69, 9.17) is 4.74 Å². The molecule has 0 aromatic heterocycles. The van der Waals surface area contributed by atoms with E-state index in [2.05, 4.69) is 43.8 Å². The number of nitrogens with zero attached hydrogens (tertiary/aromatic N) is 1. The smallest absolute Gasteiger partial charge is 0.258 e. The van der Waals surface area contributed by atoms with Crippen molar-refractivity contribution < 1.29 is 13.9 Å². The molecular weight excluding hydrogens is 547 g/mol. The molecule has 0 heterocycles. The number of carbonyl (C=O) groups is 1. The molecule has 0 saturated carbocycles.